The van der Waals surface area contributed by atoms with Crippen LogP contribution in [-0.4, -0.2) is 27.1 Å². The van der Waals surface area contributed by atoms with E-state index in [0.29, 0.717) is 0 Å². The lowest BCUT2D eigenvalue weighted by Gasteiger charge is -2.31. The van der Waals surface area contributed by atoms with Gasteiger partial charge in [-0.1, -0.05) is 27.2 Å². The van der Waals surface area contributed by atoms with Crippen LogP contribution in [0.15, 0.2) is 0 Å². The van der Waals surface area contributed by atoms with Crippen LogP contribution in [0.3, 0.4) is 0 Å². The van der Waals surface area contributed by atoms with Crippen molar-refractivity contribution in [3.05, 3.63) is 0 Å². The van der Waals surface area contributed by atoms with Gasteiger partial charge in [-0.2, -0.15) is 0 Å². The molecule has 0 rings (SSSR count). The number of aliphatic hydroxyl groups is 2. The standard InChI is InChI=1S/C10H20O4/c1-4-5-9(2,3)7-10(13,14)6-8(11)12/h13-14H,4-7H2,1-3H3,(H,11,12). The van der Waals surface area contributed by atoms with Crippen LogP contribution in [0.4, 0.5) is 0 Å². The molecular formula is C10H20O4. The lowest BCUT2D eigenvalue weighted by Crippen LogP contribution is -2.36. The first-order valence-electron chi connectivity index (χ1n) is 4.85. The summed E-state index contributed by atoms with van der Waals surface area (Å²) >= 11 is 0. The highest BCUT2D eigenvalue weighted by Gasteiger charge is 2.33. The van der Waals surface area contributed by atoms with Gasteiger partial charge in [-0.05, 0) is 11.8 Å². The fourth-order valence-corrected chi connectivity index (χ4v) is 1.84. The molecule has 0 aliphatic heterocycles. The Kier molecular flexibility index (Phi) is 4.55. The van der Waals surface area contributed by atoms with Gasteiger partial charge in [0.05, 0.1) is 6.42 Å². The number of rotatable bonds is 6. The van der Waals surface area contributed by atoms with Crippen LogP contribution in [-0.2, 0) is 4.79 Å². The Morgan fingerprint density at radius 2 is 1.79 bits per heavy atom. The Hall–Kier alpha value is -0.610. The molecular weight excluding hydrogens is 184 g/mol. The van der Waals surface area contributed by atoms with E-state index >= 15 is 0 Å². The SMILES string of the molecule is CCCC(C)(C)CC(O)(O)CC(=O)O. The molecule has 0 unspecified atom stereocenters. The first-order chi connectivity index (χ1) is 6.18. The van der Waals surface area contributed by atoms with Crippen molar-refractivity contribution in [1.29, 1.82) is 0 Å². The highest BCUT2D eigenvalue weighted by Crippen LogP contribution is 2.32. The van der Waals surface area contributed by atoms with E-state index in [1.165, 1.54) is 0 Å². The van der Waals surface area contributed by atoms with Gasteiger partial charge >= 0.3 is 5.97 Å². The zero-order valence-electron chi connectivity index (χ0n) is 9.08. The molecule has 0 fully saturated rings. The fourth-order valence-electron chi connectivity index (χ4n) is 1.84. The third kappa shape index (κ3) is 5.94. The smallest absolute Gasteiger partial charge is 0.308 e. The Balaban J connectivity index is 4.25. The first kappa shape index (κ1) is 13.4. The topological polar surface area (TPSA) is 77.8 Å². The van der Waals surface area contributed by atoms with Crippen LogP contribution in [0.5, 0.6) is 0 Å². The molecule has 4 heteroatoms. The Morgan fingerprint density at radius 3 is 2.14 bits per heavy atom. The number of carbonyl (C=O) groups is 1. The highest BCUT2D eigenvalue weighted by molar-refractivity contribution is 5.67. The summed E-state index contributed by atoms with van der Waals surface area (Å²) in [5, 5.41) is 27.3. The molecule has 0 spiro atoms. The fraction of sp³-hybridized carbons (Fsp3) is 0.900. The summed E-state index contributed by atoms with van der Waals surface area (Å²) in [7, 11) is 0. The Labute approximate surface area is 84.6 Å². The van der Waals surface area contributed by atoms with Crippen molar-refractivity contribution in [2.24, 2.45) is 5.41 Å². The molecule has 0 amide bonds. The van der Waals surface area contributed by atoms with Gasteiger partial charge in [-0.25, -0.2) is 0 Å². The van der Waals surface area contributed by atoms with Crippen molar-refractivity contribution in [1.82, 2.24) is 0 Å². The predicted molar refractivity (Wildman–Crippen MR) is 52.7 cm³/mol. The summed E-state index contributed by atoms with van der Waals surface area (Å²) in [6, 6.07) is 0. The van der Waals surface area contributed by atoms with Gasteiger partial charge in [0.2, 0.25) is 0 Å². The summed E-state index contributed by atoms with van der Waals surface area (Å²) in [5.41, 5.74) is -0.242. The molecule has 3 N–H and O–H groups in total. The van der Waals surface area contributed by atoms with Gasteiger partial charge in [-0.3, -0.25) is 4.79 Å². The Morgan fingerprint density at radius 1 is 1.29 bits per heavy atom. The van der Waals surface area contributed by atoms with Crippen LogP contribution in [0, 0.1) is 5.41 Å². The maximum absolute atomic E-state index is 10.3. The lowest BCUT2D eigenvalue weighted by molar-refractivity contribution is -0.195. The third-order valence-electron chi connectivity index (χ3n) is 2.12. The molecule has 0 aromatic carbocycles. The normalized spacial score (nSPS) is 12.9. The molecule has 0 aromatic heterocycles. The van der Waals surface area contributed by atoms with E-state index in [-0.39, 0.29) is 11.8 Å². The van der Waals surface area contributed by atoms with Crippen LogP contribution < -0.4 is 0 Å². The predicted octanol–water partition coefficient (Wildman–Crippen LogP) is 1.36. The van der Waals surface area contributed by atoms with Gasteiger partial charge in [0, 0.05) is 6.42 Å². The van der Waals surface area contributed by atoms with Crippen LogP contribution in [0.2, 0.25) is 0 Å². The van der Waals surface area contributed by atoms with Gasteiger partial charge in [0.15, 0.2) is 5.79 Å². The van der Waals surface area contributed by atoms with Gasteiger partial charge < -0.3 is 15.3 Å². The molecule has 0 bridgehead atoms. The van der Waals surface area contributed by atoms with E-state index in [1.807, 2.05) is 20.8 Å². The molecule has 84 valence electrons. The van der Waals surface area contributed by atoms with Crippen molar-refractivity contribution in [3.8, 4) is 0 Å². The van der Waals surface area contributed by atoms with E-state index in [0.717, 1.165) is 12.8 Å². The molecule has 0 saturated carbocycles. The largest absolute Gasteiger partial charge is 0.481 e. The van der Waals surface area contributed by atoms with Gasteiger partial charge in [-0.15, -0.1) is 0 Å². The summed E-state index contributed by atoms with van der Waals surface area (Å²) in [6.45, 7) is 5.81. The number of carboxylic acid groups (broad SMARTS) is 1. The number of hydrogen-bond donors (Lipinski definition) is 3. The summed E-state index contributed by atoms with van der Waals surface area (Å²) < 4.78 is 0. The summed E-state index contributed by atoms with van der Waals surface area (Å²) in [5.74, 6) is -3.29. The molecule has 0 aromatic rings. The third-order valence-corrected chi connectivity index (χ3v) is 2.12. The molecule has 0 radical (unpaired) electrons. The maximum Gasteiger partial charge on any atom is 0.308 e. The van der Waals surface area contributed by atoms with E-state index in [1.54, 1.807) is 0 Å². The quantitative estimate of drug-likeness (QED) is 0.571. The average Bonchev–Trinajstić information content (AvgIpc) is 1.78. The van der Waals surface area contributed by atoms with Crippen molar-refractivity contribution in [2.45, 2.75) is 52.2 Å². The van der Waals surface area contributed by atoms with E-state index in [2.05, 4.69) is 0 Å². The molecule has 0 aliphatic rings. The van der Waals surface area contributed by atoms with Crippen molar-refractivity contribution in [3.63, 3.8) is 0 Å². The molecule has 0 heterocycles. The van der Waals surface area contributed by atoms with Crippen LogP contribution >= 0.6 is 0 Å². The zero-order chi connectivity index (χ0) is 11.4. The second kappa shape index (κ2) is 4.75. The number of hydrogen-bond acceptors (Lipinski definition) is 3. The van der Waals surface area contributed by atoms with Crippen LogP contribution in [0.25, 0.3) is 0 Å². The van der Waals surface area contributed by atoms with Crippen molar-refractivity contribution >= 4 is 5.97 Å². The van der Waals surface area contributed by atoms with Crippen molar-refractivity contribution < 1.29 is 20.1 Å². The summed E-state index contributed by atoms with van der Waals surface area (Å²) in [6.07, 6.45) is 1.24. The van der Waals surface area contributed by atoms with E-state index in [9.17, 15) is 15.0 Å². The minimum Gasteiger partial charge on any atom is -0.481 e. The lowest BCUT2D eigenvalue weighted by atomic mass is 9.80. The summed E-state index contributed by atoms with van der Waals surface area (Å²) in [4.78, 5) is 10.3. The number of carboxylic acids is 1. The first-order valence-corrected chi connectivity index (χ1v) is 4.85. The molecule has 14 heavy (non-hydrogen) atoms. The highest BCUT2D eigenvalue weighted by atomic mass is 16.5. The van der Waals surface area contributed by atoms with Gasteiger partial charge in [0.25, 0.3) is 0 Å². The van der Waals surface area contributed by atoms with Crippen LogP contribution in [0.1, 0.15) is 46.5 Å². The van der Waals surface area contributed by atoms with Crippen molar-refractivity contribution in [2.75, 3.05) is 0 Å². The van der Waals surface area contributed by atoms with Gasteiger partial charge in [0.1, 0.15) is 0 Å². The molecule has 0 aliphatic carbocycles. The second-order valence-corrected chi connectivity index (χ2v) is 4.64. The maximum atomic E-state index is 10.3. The second-order valence-electron chi connectivity index (χ2n) is 4.64. The minimum absolute atomic E-state index is 0.0835. The Bertz CT molecular complexity index is 196. The van der Waals surface area contributed by atoms with E-state index < -0.39 is 18.2 Å². The molecule has 4 nitrogen and oxygen atoms in total. The number of aliphatic carboxylic acids is 1. The molecule has 0 atom stereocenters. The van der Waals surface area contributed by atoms with E-state index in [4.69, 9.17) is 5.11 Å². The average molecular weight is 204 g/mol. The molecule has 0 saturated heterocycles. The monoisotopic (exact) mass is 204 g/mol. The zero-order valence-corrected chi connectivity index (χ0v) is 9.08. The minimum atomic E-state index is -2.09.